The van der Waals surface area contributed by atoms with Gasteiger partial charge in [-0.1, -0.05) is 0 Å². The summed E-state index contributed by atoms with van der Waals surface area (Å²) in [6, 6.07) is 0. The number of hydrogen-bond donors (Lipinski definition) is 2. The molecule has 2 heterocycles. The molecular weight excluding hydrogens is 248 g/mol. The van der Waals surface area contributed by atoms with Gasteiger partial charge >= 0.3 is 0 Å². The Bertz CT molecular complexity index is 415. The Kier molecular flexibility index (Phi) is 4.06. The molecule has 18 heavy (non-hydrogen) atoms. The second-order valence-corrected chi connectivity index (χ2v) is 6.30. The second-order valence-electron chi connectivity index (χ2n) is 4.62. The first-order valence-electron chi connectivity index (χ1n) is 6.05. The molecule has 1 saturated heterocycles. The van der Waals surface area contributed by atoms with Crippen molar-refractivity contribution in [2.75, 3.05) is 24.7 Å². The first kappa shape index (κ1) is 13.1. The smallest absolute Gasteiger partial charge is 0.271 e. The third-order valence-corrected chi connectivity index (χ3v) is 4.60. The minimum Gasteiger partial charge on any atom is -0.372 e. The summed E-state index contributed by atoms with van der Waals surface area (Å²) >= 11 is 1.93. The third-order valence-electron chi connectivity index (χ3n) is 3.06. The van der Waals surface area contributed by atoms with Crippen molar-refractivity contribution in [3.05, 3.63) is 18.1 Å². The average Bonchev–Trinajstić information content (AvgIpc) is 2.83. The summed E-state index contributed by atoms with van der Waals surface area (Å²) in [6.45, 7) is 2.88. The summed E-state index contributed by atoms with van der Waals surface area (Å²) in [4.78, 5) is 20.0. The average molecular weight is 266 g/mol. The molecule has 1 aromatic rings. The van der Waals surface area contributed by atoms with Crippen LogP contribution in [0.2, 0.25) is 0 Å². The van der Waals surface area contributed by atoms with E-state index >= 15 is 0 Å². The molecule has 2 N–H and O–H groups in total. The van der Waals surface area contributed by atoms with E-state index in [4.69, 9.17) is 0 Å². The van der Waals surface area contributed by atoms with Gasteiger partial charge in [-0.2, -0.15) is 11.8 Å². The molecule has 0 bridgehead atoms. The van der Waals surface area contributed by atoms with Gasteiger partial charge in [0, 0.05) is 18.3 Å². The highest BCUT2D eigenvalue weighted by Gasteiger charge is 2.29. The van der Waals surface area contributed by atoms with Gasteiger partial charge in [-0.25, -0.2) is 9.97 Å². The van der Waals surface area contributed by atoms with Crippen molar-refractivity contribution in [1.82, 2.24) is 15.3 Å². The van der Waals surface area contributed by atoms with E-state index in [2.05, 4.69) is 27.5 Å². The van der Waals surface area contributed by atoms with Crippen LogP contribution in [0.4, 0.5) is 5.82 Å². The zero-order chi connectivity index (χ0) is 13.0. The zero-order valence-electron chi connectivity index (χ0n) is 10.7. The number of thioether (sulfide) groups is 1. The van der Waals surface area contributed by atoms with Crippen molar-refractivity contribution < 1.29 is 4.79 Å². The maximum atomic E-state index is 11.9. The van der Waals surface area contributed by atoms with Crippen LogP contribution in [-0.2, 0) is 0 Å². The number of anilines is 1. The van der Waals surface area contributed by atoms with Crippen LogP contribution >= 0.6 is 11.8 Å². The fourth-order valence-electron chi connectivity index (χ4n) is 1.91. The molecule has 0 saturated carbocycles. The minimum absolute atomic E-state index is 0.154. The molecule has 0 aliphatic carbocycles. The molecule has 6 heteroatoms. The van der Waals surface area contributed by atoms with Crippen LogP contribution in [0.25, 0.3) is 0 Å². The Labute approximate surface area is 111 Å². The molecule has 98 valence electrons. The third kappa shape index (κ3) is 3.13. The molecule has 1 unspecified atom stereocenters. The summed E-state index contributed by atoms with van der Waals surface area (Å²) in [5, 5.41) is 5.80. The SMILES string of the molecule is CNc1cnc(C(=O)NCC2(C)CCCS2)cn1. The van der Waals surface area contributed by atoms with Crippen LogP contribution < -0.4 is 10.6 Å². The molecular formula is C12H18N4OS. The van der Waals surface area contributed by atoms with Gasteiger partial charge in [0.15, 0.2) is 0 Å². The number of aromatic nitrogens is 2. The van der Waals surface area contributed by atoms with Crippen molar-refractivity contribution in [2.45, 2.75) is 24.5 Å². The lowest BCUT2D eigenvalue weighted by atomic mass is 10.1. The van der Waals surface area contributed by atoms with Gasteiger partial charge in [0.05, 0.1) is 12.4 Å². The highest BCUT2D eigenvalue weighted by Crippen LogP contribution is 2.36. The number of nitrogens with zero attached hydrogens (tertiary/aromatic N) is 2. The Morgan fingerprint density at radius 2 is 2.33 bits per heavy atom. The molecule has 1 aromatic heterocycles. The fourth-order valence-corrected chi connectivity index (χ4v) is 3.15. The number of rotatable bonds is 4. The van der Waals surface area contributed by atoms with E-state index in [0.29, 0.717) is 18.1 Å². The molecule has 1 fully saturated rings. The topological polar surface area (TPSA) is 66.9 Å². The first-order chi connectivity index (χ1) is 8.63. The van der Waals surface area contributed by atoms with Gasteiger partial charge in [0.25, 0.3) is 5.91 Å². The second kappa shape index (κ2) is 5.56. The Hall–Kier alpha value is -1.30. The van der Waals surface area contributed by atoms with E-state index in [0.717, 1.165) is 6.42 Å². The van der Waals surface area contributed by atoms with Crippen LogP contribution in [0.1, 0.15) is 30.3 Å². The molecule has 1 atom stereocenters. The standard InChI is InChI=1S/C12H18N4OS/c1-12(4-3-5-18-12)8-16-11(17)9-6-15-10(13-2)7-14-9/h6-7H,3-5,8H2,1-2H3,(H,13,15)(H,16,17). The van der Waals surface area contributed by atoms with E-state index in [9.17, 15) is 4.79 Å². The monoisotopic (exact) mass is 266 g/mol. The summed E-state index contributed by atoms with van der Waals surface area (Å²) < 4.78 is 0.175. The van der Waals surface area contributed by atoms with E-state index in [-0.39, 0.29) is 10.7 Å². The maximum absolute atomic E-state index is 11.9. The summed E-state index contributed by atoms with van der Waals surface area (Å²) in [5.74, 6) is 1.69. The van der Waals surface area contributed by atoms with Crippen LogP contribution in [-0.4, -0.2) is 40.0 Å². The molecule has 5 nitrogen and oxygen atoms in total. The van der Waals surface area contributed by atoms with E-state index < -0.39 is 0 Å². The molecule has 0 radical (unpaired) electrons. The molecule has 0 aromatic carbocycles. The van der Waals surface area contributed by atoms with E-state index in [1.807, 2.05) is 11.8 Å². The van der Waals surface area contributed by atoms with Gasteiger partial charge in [-0.3, -0.25) is 4.79 Å². The first-order valence-corrected chi connectivity index (χ1v) is 7.03. The number of amides is 1. The van der Waals surface area contributed by atoms with Crippen LogP contribution in [0, 0.1) is 0 Å². The van der Waals surface area contributed by atoms with Gasteiger partial charge < -0.3 is 10.6 Å². The quantitative estimate of drug-likeness (QED) is 0.865. The molecule has 0 spiro atoms. The van der Waals surface area contributed by atoms with Gasteiger partial charge in [0.2, 0.25) is 0 Å². The Balaban J connectivity index is 1.90. The predicted molar refractivity (Wildman–Crippen MR) is 74.0 cm³/mol. The maximum Gasteiger partial charge on any atom is 0.271 e. The molecule has 2 rings (SSSR count). The normalized spacial score (nSPS) is 22.8. The number of carbonyl (C=O) groups excluding carboxylic acids is 1. The van der Waals surface area contributed by atoms with Crippen LogP contribution in [0.5, 0.6) is 0 Å². The molecule has 1 amide bonds. The fraction of sp³-hybridized carbons (Fsp3) is 0.583. The zero-order valence-corrected chi connectivity index (χ0v) is 11.5. The van der Waals surface area contributed by atoms with Gasteiger partial charge in [-0.15, -0.1) is 0 Å². The van der Waals surface area contributed by atoms with Crippen molar-refractivity contribution >= 4 is 23.5 Å². The highest BCUT2D eigenvalue weighted by atomic mass is 32.2. The largest absolute Gasteiger partial charge is 0.372 e. The van der Waals surface area contributed by atoms with Crippen molar-refractivity contribution in [3.8, 4) is 0 Å². The highest BCUT2D eigenvalue weighted by molar-refractivity contribution is 8.00. The van der Waals surface area contributed by atoms with Crippen molar-refractivity contribution in [3.63, 3.8) is 0 Å². The lowest BCUT2D eigenvalue weighted by Gasteiger charge is -2.22. The Morgan fingerprint density at radius 3 is 2.89 bits per heavy atom. The lowest BCUT2D eigenvalue weighted by Crippen LogP contribution is -2.37. The van der Waals surface area contributed by atoms with E-state index in [1.165, 1.54) is 18.4 Å². The van der Waals surface area contributed by atoms with Gasteiger partial charge in [0.1, 0.15) is 11.5 Å². The summed E-state index contributed by atoms with van der Waals surface area (Å²) in [5.41, 5.74) is 0.362. The summed E-state index contributed by atoms with van der Waals surface area (Å²) in [6.07, 6.45) is 5.43. The Morgan fingerprint density at radius 1 is 1.50 bits per heavy atom. The molecule has 1 aliphatic rings. The van der Waals surface area contributed by atoms with Crippen molar-refractivity contribution in [2.24, 2.45) is 0 Å². The number of carbonyl (C=O) groups is 1. The molecule has 1 aliphatic heterocycles. The van der Waals surface area contributed by atoms with Crippen LogP contribution in [0.3, 0.4) is 0 Å². The van der Waals surface area contributed by atoms with Gasteiger partial charge in [-0.05, 0) is 25.5 Å². The number of nitrogens with one attached hydrogen (secondary N) is 2. The van der Waals surface area contributed by atoms with Crippen LogP contribution in [0.15, 0.2) is 12.4 Å². The predicted octanol–water partition coefficient (Wildman–Crippen LogP) is 1.53. The minimum atomic E-state index is -0.154. The lowest BCUT2D eigenvalue weighted by molar-refractivity contribution is 0.0944. The van der Waals surface area contributed by atoms with Crippen molar-refractivity contribution in [1.29, 1.82) is 0 Å². The van der Waals surface area contributed by atoms with E-state index in [1.54, 1.807) is 13.2 Å². The number of hydrogen-bond acceptors (Lipinski definition) is 5. The summed E-state index contributed by atoms with van der Waals surface area (Å²) in [7, 11) is 1.77.